The van der Waals surface area contributed by atoms with Gasteiger partial charge in [0.2, 0.25) is 0 Å². The molecule has 2 saturated carbocycles. The first-order valence-electron chi connectivity index (χ1n) is 20.5. The van der Waals surface area contributed by atoms with E-state index in [0.717, 1.165) is 55.4 Å². The quantitative estimate of drug-likeness (QED) is 0.0965. The number of nitrogens with one attached hydrogen (secondary N) is 1. The molecule has 4 fully saturated rings. The Bertz CT molecular complexity index is 1720. The van der Waals surface area contributed by atoms with Gasteiger partial charge in [0.25, 0.3) is 0 Å². The number of carboxylic acid groups (broad SMARTS) is 1. The Kier molecular flexibility index (Phi) is 12.6. The number of pyridine rings is 1. The van der Waals surface area contributed by atoms with Crippen LogP contribution in [0.5, 0.6) is 0 Å². The standard InChI is InChI=1S/C44H63IN2O6.CH5N/c1-26(2)37-30(48)23-44(21-16-35(49)47-28(4)29-12-11-27(3)25-46-29)20-14-33-43(10)18-13-31-41(7,8)34(53-36(50)24-40(5,6)39(51)52)15-19-42(31,9)32(43)17-22-45(33)38(37)44;1-2/h11-12,16,21,25-26,28,31-34H,13-15,17-20,22-24H2,1-10H3,(H,47,49)(H,51,52);2H2,1H3/b21-16+;. The number of carbonyl (C=O) groups is 4. The molecule has 306 valence electrons. The minimum absolute atomic E-state index is 0.109. The van der Waals surface area contributed by atoms with Crippen LogP contribution in [0.1, 0.15) is 137 Å². The summed E-state index contributed by atoms with van der Waals surface area (Å²) in [5, 5.41) is 12.7. The number of fused-ring (bicyclic) bond motifs is 7. The van der Waals surface area contributed by atoms with Crippen LogP contribution in [-0.2, 0) is 23.9 Å². The van der Waals surface area contributed by atoms with Crippen molar-refractivity contribution in [1.29, 1.82) is 0 Å². The van der Waals surface area contributed by atoms with E-state index in [2.05, 4.69) is 63.7 Å². The van der Waals surface area contributed by atoms with Gasteiger partial charge in [-0.25, -0.2) is 0 Å². The summed E-state index contributed by atoms with van der Waals surface area (Å²) >= 11 is -1.84. The number of halogens is 1. The number of carbonyl (C=O) groups excluding carboxylic acids is 3. The van der Waals surface area contributed by atoms with Gasteiger partial charge in [0, 0.05) is 0 Å². The molecule has 1 aromatic rings. The molecule has 55 heavy (non-hydrogen) atoms. The number of esters is 1. The third-order valence-corrected chi connectivity index (χ3v) is 23.2. The summed E-state index contributed by atoms with van der Waals surface area (Å²) in [6, 6.07) is 3.75. The monoisotopic (exact) mass is 873 g/mol. The molecule has 8 atom stereocenters. The van der Waals surface area contributed by atoms with E-state index >= 15 is 0 Å². The molecule has 0 radical (unpaired) electrons. The second kappa shape index (κ2) is 16.0. The summed E-state index contributed by atoms with van der Waals surface area (Å²) in [4.78, 5) is 56.6. The summed E-state index contributed by atoms with van der Waals surface area (Å²) in [5.74, 6) is -0.128. The number of nitrogens with zero attached hydrogens (tertiary/aromatic N) is 1. The van der Waals surface area contributed by atoms with Gasteiger partial charge in [0.05, 0.1) is 0 Å². The SMILES string of the molecule is CN.Cc1ccc(C(C)NC(=O)/C=C/C23CCC4I(CCC5C4(C)CCC4C(C)(C)C(OC(=O)CC(C)(C)C(=O)O)CCC45C)C2=C(C(C)C)C(=O)C3)nc1. The number of hydrogen-bond acceptors (Lipinski definition) is 7. The van der Waals surface area contributed by atoms with Crippen molar-refractivity contribution in [3.8, 4) is 0 Å². The molecule has 3 heterocycles. The number of aryl methyl sites for hydroxylation is 1. The zero-order valence-corrected chi connectivity index (χ0v) is 37.5. The molecule has 0 bridgehead atoms. The average molecular weight is 874 g/mol. The van der Waals surface area contributed by atoms with Gasteiger partial charge in [0.15, 0.2) is 0 Å². The second-order valence-electron chi connectivity index (χ2n) is 19.2. The number of allylic oxidation sites excluding steroid dienone is 3. The van der Waals surface area contributed by atoms with Crippen LogP contribution < -0.4 is 11.1 Å². The Morgan fingerprint density at radius 3 is 2.31 bits per heavy atom. The van der Waals surface area contributed by atoms with Crippen molar-refractivity contribution in [1.82, 2.24) is 10.3 Å². The molecular formula is C45H68IN3O6. The normalized spacial score (nSPS) is 33.8. The molecule has 6 rings (SSSR count). The van der Waals surface area contributed by atoms with Gasteiger partial charge in [0.1, 0.15) is 0 Å². The zero-order valence-electron chi connectivity index (χ0n) is 35.3. The number of aromatic nitrogens is 1. The Labute approximate surface area is 337 Å². The van der Waals surface area contributed by atoms with Crippen LogP contribution in [0.15, 0.2) is 39.6 Å². The van der Waals surface area contributed by atoms with Crippen LogP contribution in [0.25, 0.3) is 0 Å². The number of ketones is 1. The molecule has 1 aromatic heterocycles. The minimum atomic E-state index is -1.84. The number of hydrogen-bond donors (Lipinski definition) is 3. The van der Waals surface area contributed by atoms with E-state index in [9.17, 15) is 24.3 Å². The van der Waals surface area contributed by atoms with Crippen LogP contribution >= 0.6 is 19.8 Å². The topological polar surface area (TPSA) is 149 Å². The van der Waals surface area contributed by atoms with Gasteiger partial charge >= 0.3 is 316 Å². The number of alkyl halides is 2. The van der Waals surface area contributed by atoms with Crippen molar-refractivity contribution in [3.63, 3.8) is 0 Å². The predicted molar refractivity (Wildman–Crippen MR) is 227 cm³/mol. The van der Waals surface area contributed by atoms with Gasteiger partial charge in [-0.2, -0.15) is 0 Å². The fraction of sp³-hybridized carbons (Fsp3) is 0.711. The second-order valence-corrected chi connectivity index (χ2v) is 25.1. The number of aliphatic carboxylic acids is 1. The molecule has 9 nitrogen and oxygen atoms in total. The molecule has 0 aromatic carbocycles. The van der Waals surface area contributed by atoms with Crippen LogP contribution in [0.2, 0.25) is 0 Å². The van der Waals surface area contributed by atoms with Crippen molar-refractivity contribution in [2.45, 2.75) is 143 Å². The van der Waals surface area contributed by atoms with E-state index in [1.165, 1.54) is 21.5 Å². The Hall–Kier alpha value is -2.60. The third kappa shape index (κ3) is 7.85. The third-order valence-electron chi connectivity index (χ3n) is 14.5. The van der Waals surface area contributed by atoms with Crippen LogP contribution in [0.3, 0.4) is 0 Å². The molecule has 8 unspecified atom stereocenters. The van der Waals surface area contributed by atoms with Crippen LogP contribution in [-0.4, -0.2) is 55.2 Å². The molecule has 3 aliphatic carbocycles. The first-order chi connectivity index (χ1) is 25.7. The van der Waals surface area contributed by atoms with Crippen molar-refractivity contribution >= 4 is 43.4 Å². The molecule has 2 aliphatic heterocycles. The number of carboxylic acids is 1. The van der Waals surface area contributed by atoms with E-state index in [4.69, 9.17) is 4.74 Å². The van der Waals surface area contributed by atoms with Crippen molar-refractivity contribution in [3.05, 3.63) is 50.9 Å². The zero-order chi connectivity index (χ0) is 40.9. The predicted octanol–water partition coefficient (Wildman–Crippen LogP) is 8.91. The average Bonchev–Trinajstić information content (AvgIpc) is 3.42. The molecule has 4 N–H and O–H groups in total. The summed E-state index contributed by atoms with van der Waals surface area (Å²) in [6.07, 6.45) is 13.0. The van der Waals surface area contributed by atoms with Crippen molar-refractivity contribution < 1.29 is 29.0 Å². The fourth-order valence-corrected chi connectivity index (χ4v) is 22.2. The first kappa shape index (κ1) is 43.5. The van der Waals surface area contributed by atoms with Crippen molar-refractivity contribution in [2.75, 3.05) is 11.5 Å². The molecule has 0 spiro atoms. The van der Waals surface area contributed by atoms with Gasteiger partial charge < -0.3 is 10.8 Å². The van der Waals surface area contributed by atoms with Gasteiger partial charge in [-0.15, -0.1) is 0 Å². The summed E-state index contributed by atoms with van der Waals surface area (Å²) in [7, 11) is 1.50. The molecule has 1 amide bonds. The van der Waals surface area contributed by atoms with Gasteiger partial charge in [-0.05, 0) is 7.05 Å². The number of nitrogens with two attached hydrogens (primary N) is 1. The van der Waals surface area contributed by atoms with E-state index < -0.39 is 37.2 Å². The summed E-state index contributed by atoms with van der Waals surface area (Å²) in [5.41, 5.74) is 6.06. The van der Waals surface area contributed by atoms with E-state index in [1.54, 1.807) is 19.9 Å². The van der Waals surface area contributed by atoms with E-state index in [0.29, 0.717) is 28.0 Å². The number of Topliss-reactive ketones (excluding diaryl/α,β-unsaturated/α-hetero) is 1. The Morgan fingerprint density at radius 2 is 1.69 bits per heavy atom. The number of ether oxygens (including phenoxy) is 1. The van der Waals surface area contributed by atoms with Crippen LogP contribution in [0, 0.1) is 51.8 Å². The Balaban J connectivity index is 0.00000285. The number of amides is 1. The molecule has 5 aliphatic rings. The van der Waals surface area contributed by atoms with Gasteiger partial charge in [-0.1, -0.05) is 0 Å². The molecule has 10 heteroatoms. The molecule has 2 saturated heterocycles. The summed E-state index contributed by atoms with van der Waals surface area (Å²) < 4.78 is 9.47. The van der Waals surface area contributed by atoms with E-state index in [-0.39, 0.29) is 52.1 Å². The van der Waals surface area contributed by atoms with E-state index in [1.807, 2.05) is 32.2 Å². The van der Waals surface area contributed by atoms with Gasteiger partial charge in [-0.3, -0.25) is 4.79 Å². The fourth-order valence-electron chi connectivity index (χ4n) is 11.7. The Morgan fingerprint density at radius 1 is 1.02 bits per heavy atom. The number of rotatable bonds is 9. The molecular weight excluding hydrogens is 805 g/mol. The van der Waals surface area contributed by atoms with Crippen molar-refractivity contribution in [2.24, 2.45) is 50.6 Å². The summed E-state index contributed by atoms with van der Waals surface area (Å²) in [6.45, 7) is 21.1. The maximum atomic E-state index is 13.9. The maximum absolute atomic E-state index is 13.9. The van der Waals surface area contributed by atoms with Crippen LogP contribution in [0.4, 0.5) is 0 Å². The first-order valence-corrected chi connectivity index (χ1v) is 24.4.